The summed E-state index contributed by atoms with van der Waals surface area (Å²) < 4.78 is 44.5. The highest BCUT2D eigenvalue weighted by Crippen LogP contribution is 2.30. The molecule has 2 heterocycles. The number of hydrogen-bond acceptors (Lipinski definition) is 4. The van der Waals surface area contributed by atoms with Gasteiger partial charge in [-0.15, -0.1) is 0 Å². The Kier molecular flexibility index (Phi) is 5.17. The SMILES string of the molecule is O=C(Nc1cccc(C(F)(F)F)c1)c1c[nH]c(=O)n(CC2CCCO2)c1=O. The van der Waals surface area contributed by atoms with Crippen molar-refractivity contribution in [1.82, 2.24) is 9.55 Å². The van der Waals surface area contributed by atoms with E-state index >= 15 is 0 Å². The summed E-state index contributed by atoms with van der Waals surface area (Å²) in [6.07, 6.45) is -2.42. The van der Waals surface area contributed by atoms with Gasteiger partial charge in [0, 0.05) is 18.5 Å². The number of carbonyl (C=O) groups excluding carboxylic acids is 1. The minimum Gasteiger partial charge on any atom is -0.376 e. The summed E-state index contributed by atoms with van der Waals surface area (Å²) in [4.78, 5) is 39.0. The van der Waals surface area contributed by atoms with Crippen molar-refractivity contribution < 1.29 is 22.7 Å². The zero-order chi connectivity index (χ0) is 19.6. The van der Waals surface area contributed by atoms with Gasteiger partial charge in [-0.25, -0.2) is 4.79 Å². The minimum atomic E-state index is -4.56. The third-order valence-corrected chi connectivity index (χ3v) is 4.16. The lowest BCUT2D eigenvalue weighted by atomic mass is 10.2. The van der Waals surface area contributed by atoms with Crippen molar-refractivity contribution in [2.45, 2.75) is 31.7 Å². The lowest BCUT2D eigenvalue weighted by Crippen LogP contribution is -2.41. The van der Waals surface area contributed by atoms with E-state index in [1.54, 1.807) is 0 Å². The topological polar surface area (TPSA) is 93.2 Å². The van der Waals surface area contributed by atoms with Crippen molar-refractivity contribution >= 4 is 11.6 Å². The number of H-pyrrole nitrogens is 1. The van der Waals surface area contributed by atoms with Gasteiger partial charge in [0.1, 0.15) is 5.56 Å². The second-order valence-corrected chi connectivity index (χ2v) is 6.09. The number of alkyl halides is 3. The Morgan fingerprint density at radius 1 is 1.33 bits per heavy atom. The Labute approximate surface area is 150 Å². The average Bonchev–Trinajstić information content (AvgIpc) is 3.11. The van der Waals surface area contributed by atoms with Crippen molar-refractivity contribution in [3.8, 4) is 0 Å². The number of nitrogens with one attached hydrogen (secondary N) is 2. The zero-order valence-corrected chi connectivity index (χ0v) is 14.0. The molecule has 2 aromatic rings. The van der Waals surface area contributed by atoms with Crippen LogP contribution in [0.25, 0.3) is 0 Å². The molecule has 1 amide bonds. The molecule has 10 heteroatoms. The first kappa shape index (κ1) is 18.9. The van der Waals surface area contributed by atoms with E-state index < -0.39 is 28.9 Å². The first-order chi connectivity index (χ1) is 12.8. The summed E-state index contributed by atoms with van der Waals surface area (Å²) in [5.74, 6) is -0.920. The molecule has 144 valence electrons. The van der Waals surface area contributed by atoms with Crippen LogP contribution in [0.2, 0.25) is 0 Å². The normalized spacial score (nSPS) is 17.1. The molecule has 1 fully saturated rings. The van der Waals surface area contributed by atoms with Crippen LogP contribution in [0.15, 0.2) is 40.1 Å². The number of benzene rings is 1. The van der Waals surface area contributed by atoms with Gasteiger partial charge in [-0.1, -0.05) is 6.07 Å². The molecule has 7 nitrogen and oxygen atoms in total. The molecule has 1 aliphatic heterocycles. The van der Waals surface area contributed by atoms with Gasteiger partial charge in [0.2, 0.25) is 0 Å². The van der Waals surface area contributed by atoms with Crippen LogP contribution in [0, 0.1) is 0 Å². The summed E-state index contributed by atoms with van der Waals surface area (Å²) >= 11 is 0. The van der Waals surface area contributed by atoms with E-state index in [0.717, 1.165) is 35.4 Å². The third kappa shape index (κ3) is 4.27. The molecular formula is C17H16F3N3O4. The van der Waals surface area contributed by atoms with Crippen LogP contribution in [-0.2, 0) is 17.5 Å². The molecule has 1 unspecified atom stereocenters. The maximum Gasteiger partial charge on any atom is 0.416 e. The number of ether oxygens (including phenoxy) is 1. The number of anilines is 1. The van der Waals surface area contributed by atoms with Crippen molar-refractivity contribution in [2.24, 2.45) is 0 Å². The zero-order valence-electron chi connectivity index (χ0n) is 14.0. The third-order valence-electron chi connectivity index (χ3n) is 4.16. The van der Waals surface area contributed by atoms with E-state index in [-0.39, 0.29) is 23.9 Å². The fourth-order valence-corrected chi connectivity index (χ4v) is 2.80. The van der Waals surface area contributed by atoms with Gasteiger partial charge in [0.05, 0.1) is 18.2 Å². The Balaban J connectivity index is 1.85. The molecule has 1 aromatic heterocycles. The van der Waals surface area contributed by atoms with Crippen LogP contribution in [-0.4, -0.2) is 28.2 Å². The highest BCUT2D eigenvalue weighted by molar-refractivity contribution is 6.03. The molecule has 0 spiro atoms. The molecule has 0 aliphatic carbocycles. The van der Waals surface area contributed by atoms with Crippen LogP contribution in [0.4, 0.5) is 18.9 Å². The summed E-state index contributed by atoms with van der Waals surface area (Å²) in [5, 5.41) is 2.25. The fraction of sp³-hybridized carbons (Fsp3) is 0.353. The smallest absolute Gasteiger partial charge is 0.376 e. The van der Waals surface area contributed by atoms with E-state index in [1.807, 2.05) is 0 Å². The monoisotopic (exact) mass is 383 g/mol. The van der Waals surface area contributed by atoms with Crippen LogP contribution >= 0.6 is 0 Å². The Hall–Kier alpha value is -2.88. The van der Waals surface area contributed by atoms with E-state index in [4.69, 9.17) is 4.74 Å². The highest BCUT2D eigenvalue weighted by Gasteiger charge is 2.30. The van der Waals surface area contributed by atoms with Crippen molar-refractivity contribution in [2.75, 3.05) is 11.9 Å². The van der Waals surface area contributed by atoms with Crippen LogP contribution < -0.4 is 16.6 Å². The Bertz CT molecular complexity index is 959. The number of carbonyl (C=O) groups is 1. The Morgan fingerprint density at radius 2 is 2.11 bits per heavy atom. The van der Waals surface area contributed by atoms with Crippen molar-refractivity contribution in [1.29, 1.82) is 0 Å². The predicted molar refractivity (Wildman–Crippen MR) is 89.7 cm³/mol. The summed E-state index contributed by atoms with van der Waals surface area (Å²) in [7, 11) is 0. The molecule has 0 saturated carbocycles. The number of halogens is 3. The second-order valence-electron chi connectivity index (χ2n) is 6.09. The molecule has 27 heavy (non-hydrogen) atoms. The largest absolute Gasteiger partial charge is 0.416 e. The van der Waals surface area contributed by atoms with E-state index in [2.05, 4.69) is 10.3 Å². The summed E-state index contributed by atoms with van der Waals surface area (Å²) in [5.41, 5.74) is -2.96. The van der Waals surface area contributed by atoms with Crippen LogP contribution in [0.5, 0.6) is 0 Å². The standard InChI is InChI=1S/C17H16F3N3O4/c18-17(19,20)10-3-1-4-11(7-10)22-14(24)13-8-21-16(26)23(15(13)25)9-12-5-2-6-27-12/h1,3-4,7-8,12H,2,5-6,9H2,(H,21,26)(H,22,24). The number of rotatable bonds is 4. The van der Waals surface area contributed by atoms with Gasteiger partial charge in [-0.3, -0.25) is 14.2 Å². The van der Waals surface area contributed by atoms with Crippen LogP contribution in [0.1, 0.15) is 28.8 Å². The van der Waals surface area contributed by atoms with E-state index in [9.17, 15) is 27.6 Å². The summed E-state index contributed by atoms with van der Waals surface area (Å²) in [6.45, 7) is 0.534. The lowest BCUT2D eigenvalue weighted by molar-refractivity contribution is -0.137. The first-order valence-corrected chi connectivity index (χ1v) is 8.18. The fourth-order valence-electron chi connectivity index (χ4n) is 2.80. The minimum absolute atomic E-state index is 0.00115. The summed E-state index contributed by atoms with van der Waals surface area (Å²) in [6, 6.07) is 4.03. The van der Waals surface area contributed by atoms with Gasteiger partial charge >= 0.3 is 11.9 Å². The highest BCUT2D eigenvalue weighted by atomic mass is 19.4. The molecule has 3 rings (SSSR count). The molecule has 1 aliphatic rings. The van der Waals surface area contributed by atoms with E-state index in [1.165, 1.54) is 6.07 Å². The maximum atomic E-state index is 12.8. The number of aromatic amines is 1. The predicted octanol–water partition coefficient (Wildman–Crippen LogP) is 1.99. The number of aromatic nitrogens is 2. The maximum absolute atomic E-state index is 12.8. The molecule has 0 bridgehead atoms. The first-order valence-electron chi connectivity index (χ1n) is 8.18. The van der Waals surface area contributed by atoms with Gasteiger partial charge in [0.15, 0.2) is 0 Å². The Morgan fingerprint density at radius 3 is 2.78 bits per heavy atom. The number of nitrogens with zero attached hydrogens (tertiary/aromatic N) is 1. The van der Waals surface area contributed by atoms with Gasteiger partial charge in [0.25, 0.3) is 11.5 Å². The molecular weight excluding hydrogens is 367 g/mol. The van der Waals surface area contributed by atoms with Crippen LogP contribution in [0.3, 0.4) is 0 Å². The molecule has 0 radical (unpaired) electrons. The van der Waals surface area contributed by atoms with Gasteiger partial charge in [-0.05, 0) is 31.0 Å². The van der Waals surface area contributed by atoms with Crippen molar-refractivity contribution in [3.05, 3.63) is 62.4 Å². The number of amides is 1. The molecule has 1 atom stereocenters. The second kappa shape index (κ2) is 7.39. The van der Waals surface area contributed by atoms with E-state index in [0.29, 0.717) is 13.0 Å². The van der Waals surface area contributed by atoms with Gasteiger partial charge < -0.3 is 15.0 Å². The van der Waals surface area contributed by atoms with Gasteiger partial charge in [-0.2, -0.15) is 13.2 Å². The molecule has 1 saturated heterocycles. The lowest BCUT2D eigenvalue weighted by Gasteiger charge is -2.12. The molecule has 2 N–H and O–H groups in total. The molecule has 1 aromatic carbocycles. The van der Waals surface area contributed by atoms with Crippen molar-refractivity contribution in [3.63, 3.8) is 0 Å². The number of hydrogen-bond donors (Lipinski definition) is 2. The average molecular weight is 383 g/mol. The quantitative estimate of drug-likeness (QED) is 0.845.